The van der Waals surface area contributed by atoms with Gasteiger partial charge in [0.1, 0.15) is 146 Å². The van der Waals surface area contributed by atoms with Gasteiger partial charge in [-0.15, -0.1) is 0 Å². The van der Waals surface area contributed by atoms with Gasteiger partial charge in [0.2, 0.25) is 5.91 Å². The van der Waals surface area contributed by atoms with Gasteiger partial charge in [-0.3, -0.25) is 13.8 Å². The number of nitrogens with two attached hydrogens (primary N) is 1. The Morgan fingerprint density at radius 1 is 0.562 bits per heavy atom. The number of nitrogens with one attached hydrogen (secondary N) is 1. The second-order valence-corrected chi connectivity index (χ2v) is 23.0. The van der Waals surface area contributed by atoms with E-state index in [0.717, 1.165) is 6.92 Å². The van der Waals surface area contributed by atoms with Gasteiger partial charge in [-0.25, -0.2) is 14.2 Å². The summed E-state index contributed by atoms with van der Waals surface area (Å²) in [6.45, 7) is -8.21. The van der Waals surface area contributed by atoms with E-state index >= 15 is 0 Å². The van der Waals surface area contributed by atoms with Gasteiger partial charge in [-0.05, 0) is 0 Å². The Hall–Kier alpha value is -2.76. The van der Waals surface area contributed by atoms with E-state index < -0.39 is 287 Å². The van der Waals surface area contributed by atoms with E-state index in [1.807, 2.05) is 0 Å². The van der Waals surface area contributed by atoms with Crippen molar-refractivity contribution in [1.82, 2.24) is 5.32 Å². The molecule has 6 rings (SSSR count). The molecule has 0 aromatic heterocycles. The second-order valence-electron chi connectivity index (χ2n) is 21.5. The fourth-order valence-corrected chi connectivity index (χ4v) is 11.6. The number of carbonyl (C=O) groups excluding carboxylic acids is 1. The fraction of sp³-hybridized carbons (Fsp3) is 0.935. The lowest BCUT2D eigenvalue weighted by molar-refractivity contribution is -0.417. The van der Waals surface area contributed by atoms with Crippen molar-refractivity contribution in [2.45, 2.75) is 215 Å². The van der Waals surface area contributed by atoms with Gasteiger partial charge in [0, 0.05) is 26.3 Å². The lowest BCUT2D eigenvalue weighted by Gasteiger charge is -2.53. The molecule has 0 bridgehead atoms. The molecule has 0 aliphatic carbocycles. The predicted molar refractivity (Wildman–Crippen MR) is 269 cm³/mol. The smallest absolute Gasteiger partial charge is 0.472 e. The Morgan fingerprint density at radius 2 is 1.07 bits per heavy atom. The average molecular weight is 1330 g/mol. The first-order valence-electron chi connectivity index (χ1n) is 27.3. The molecule has 0 radical (unpaired) electrons. The number of aliphatic hydroxyl groups excluding tert-OH is 19. The number of ether oxygens (including phenoxy) is 11. The number of phosphoric acid groups is 1. The summed E-state index contributed by atoms with van der Waals surface area (Å²) in [5, 5.41) is 241. The minimum atomic E-state index is -5.64. The molecule has 0 spiro atoms. The lowest BCUT2D eigenvalue weighted by atomic mass is 9.89. The summed E-state index contributed by atoms with van der Waals surface area (Å²) in [4.78, 5) is 49.6. The van der Waals surface area contributed by atoms with E-state index in [2.05, 4.69) is 5.32 Å². The molecule has 0 aromatic rings. The van der Waals surface area contributed by atoms with Crippen molar-refractivity contribution >= 4 is 25.7 Å². The molecule has 6 aliphatic heterocycles. The van der Waals surface area contributed by atoms with E-state index in [9.17, 15) is 136 Å². The lowest BCUT2D eigenvalue weighted by Crippen LogP contribution is -2.71. The quantitative estimate of drug-likeness (QED) is 0.0324. The number of carbonyl (C=O) groups is 3. The van der Waals surface area contributed by atoms with Crippen LogP contribution in [0.1, 0.15) is 19.8 Å². The average Bonchev–Trinajstić information content (AvgIpc) is 0.824. The Balaban J connectivity index is 1.58. The van der Waals surface area contributed by atoms with Crippen LogP contribution >= 0.6 is 7.82 Å². The zero-order chi connectivity index (χ0) is 66.5. The highest BCUT2D eigenvalue weighted by Gasteiger charge is 2.64. The maximum atomic E-state index is 13.7. The van der Waals surface area contributed by atoms with Crippen molar-refractivity contribution in [3.8, 4) is 0 Å². The van der Waals surface area contributed by atoms with Crippen LogP contribution in [0.5, 0.6) is 0 Å². The van der Waals surface area contributed by atoms with Crippen molar-refractivity contribution in [3.63, 3.8) is 0 Å². The number of hydrogen-bond donors (Lipinski definition) is 25. The third-order valence-electron chi connectivity index (χ3n) is 15.3. The molecular weight excluding hydrogens is 1250 g/mol. The summed E-state index contributed by atoms with van der Waals surface area (Å²) in [6, 6.07) is -1.98. The number of amides is 1. The summed E-state index contributed by atoms with van der Waals surface area (Å²) < 4.78 is 88.1. The van der Waals surface area contributed by atoms with Crippen molar-refractivity contribution < 1.29 is 197 Å². The van der Waals surface area contributed by atoms with Crippen LogP contribution in [0.2, 0.25) is 0 Å². The molecule has 43 heteroatoms. The van der Waals surface area contributed by atoms with Crippen LogP contribution in [-0.4, -0.2) is 383 Å². The largest absolute Gasteiger partial charge is 0.477 e. The van der Waals surface area contributed by atoms with Gasteiger partial charge in [-0.1, -0.05) is 0 Å². The minimum absolute atomic E-state index is 0.475. The first-order valence-corrected chi connectivity index (χ1v) is 28.8. The van der Waals surface area contributed by atoms with E-state index in [-0.39, 0.29) is 0 Å². The number of aliphatic carboxylic acids is 2. The van der Waals surface area contributed by atoms with Crippen molar-refractivity contribution in [1.29, 1.82) is 0 Å². The summed E-state index contributed by atoms with van der Waals surface area (Å²) >= 11 is 0. The van der Waals surface area contributed by atoms with Gasteiger partial charge in [-0.2, -0.15) is 0 Å². The third kappa shape index (κ3) is 16.7. The molecule has 6 saturated heterocycles. The van der Waals surface area contributed by atoms with Gasteiger partial charge < -0.3 is 180 Å². The molecule has 6 aliphatic rings. The zero-order valence-electron chi connectivity index (χ0n) is 46.6. The van der Waals surface area contributed by atoms with E-state index in [1.165, 1.54) is 0 Å². The minimum Gasteiger partial charge on any atom is -0.477 e. The molecule has 89 heavy (non-hydrogen) atoms. The molecular formula is C46H79N2O40P. The highest BCUT2D eigenvalue weighted by atomic mass is 31.2. The summed E-state index contributed by atoms with van der Waals surface area (Å²) in [6.07, 6.45) is -72.7. The molecule has 33 atom stereocenters. The summed E-state index contributed by atoms with van der Waals surface area (Å²) in [7, 11) is -5.64. The normalized spacial score (nSPS) is 45.2. The van der Waals surface area contributed by atoms with E-state index in [1.54, 1.807) is 0 Å². The number of aliphatic hydroxyl groups is 20. The highest BCUT2D eigenvalue weighted by molar-refractivity contribution is 7.47. The van der Waals surface area contributed by atoms with Crippen molar-refractivity contribution in [2.24, 2.45) is 5.73 Å². The molecule has 0 saturated carbocycles. The summed E-state index contributed by atoms with van der Waals surface area (Å²) in [5.74, 6) is -12.6. The summed E-state index contributed by atoms with van der Waals surface area (Å²) in [5.41, 5.74) is 5.46. The Morgan fingerprint density at radius 3 is 1.62 bits per heavy atom. The van der Waals surface area contributed by atoms with Crippen LogP contribution in [-0.2, 0) is 80.1 Å². The maximum Gasteiger partial charge on any atom is 0.472 e. The number of phosphoric ester groups is 1. The predicted octanol–water partition coefficient (Wildman–Crippen LogP) is -15.4. The highest BCUT2D eigenvalue weighted by Crippen LogP contribution is 2.49. The Bertz CT molecular complexity index is 2330. The first kappa shape index (κ1) is 75.3. The Labute approximate surface area is 501 Å². The number of carboxylic acids is 2. The number of rotatable bonds is 28. The van der Waals surface area contributed by atoms with Crippen molar-refractivity contribution in [3.05, 3.63) is 0 Å². The molecule has 6 fully saturated rings. The molecule has 42 nitrogen and oxygen atoms in total. The molecule has 1 amide bonds. The van der Waals surface area contributed by atoms with Gasteiger partial charge >= 0.3 is 19.8 Å². The van der Waals surface area contributed by atoms with Gasteiger partial charge in [0.25, 0.3) is 11.6 Å². The molecule has 6 heterocycles. The van der Waals surface area contributed by atoms with Crippen LogP contribution in [0.4, 0.5) is 0 Å². The Kier molecular flexibility index (Phi) is 26.8. The molecule has 518 valence electrons. The van der Waals surface area contributed by atoms with Crippen LogP contribution in [0.3, 0.4) is 0 Å². The molecule has 26 N–H and O–H groups in total. The van der Waals surface area contributed by atoms with E-state index in [0.29, 0.717) is 0 Å². The number of carboxylic acid groups (broad SMARTS) is 2. The second kappa shape index (κ2) is 31.7. The van der Waals surface area contributed by atoms with Crippen molar-refractivity contribution in [2.75, 3.05) is 52.8 Å². The first-order chi connectivity index (χ1) is 41.7. The zero-order valence-corrected chi connectivity index (χ0v) is 47.5. The van der Waals surface area contributed by atoms with Crippen LogP contribution in [0.15, 0.2) is 0 Å². The molecule has 0 aromatic carbocycles. The van der Waals surface area contributed by atoms with Gasteiger partial charge in [0.05, 0.1) is 58.5 Å². The van der Waals surface area contributed by atoms with Crippen LogP contribution in [0, 0.1) is 0 Å². The standard InChI is InChI=1S/C46H79N2O40P/c1-12(55)48-21-25(64)23(62)19(10-53)77-39(21)84-38-36(88-89(74,75)76-3-2-47)28(67)30(14(57)6-49)79-42(38)82-35-29(68)41(80-32(16(59)8-51)37(35)83-40-27(66)26(65)24(63)20(11-54)78-40)81-34-18(5-45(73,43(69)70)86-33(34)17(60)9-52)85-46(44(71)72)4-13(56)22(61)31(87-46)15(58)7-50/h13-42,49-54,56-68,73H,2-11,47H2,1H3,(H,48,55)(H,69,70)(H,71,72)(H,74,75)/t13-,14?,15-,16+,17-,18-,19-,20-,21-,22-,23-,24-,25-,26+,27-,28-,29+,30-,31-,32-,33-,34-,35-,36+,37-,38+,39-,40+,41-,42-,45-,46-/m1/s1. The fourth-order valence-electron chi connectivity index (χ4n) is 10.7. The van der Waals surface area contributed by atoms with E-state index in [4.69, 9.17) is 66.9 Å². The maximum absolute atomic E-state index is 13.7. The topological polar surface area (TPSA) is 692 Å². The van der Waals surface area contributed by atoms with Gasteiger partial charge in [0.15, 0.2) is 25.2 Å². The number of hydrogen-bond acceptors (Lipinski definition) is 38. The SMILES string of the molecule is CC(=O)N[C@H]1[C@@H](O[C@@H]2[C@@H](O[C@@H]3[C@H](O)[C@@H](O[C@H]4[C@@H]([C@H](O)CO)O[C@@](O)(C(=O)O)C[C@H]4O[C@]4(C(=O)O)C[C@@H](O)[C@@H](O)[C@@H]([C@H](O)CO)O4)O[C@H]([C@@H](O)CO)[C@H]3O[C@@H]3O[C@H](CO)[C@@H](O)[C@H](O)[C@H]3O)O[C@H](C(O)CO)[C@@H](O)[C@@H]2OP(=O)(O)OCCN)O[C@H](CO)[C@@H](O)[C@@H]1O. The monoisotopic (exact) mass is 1330 g/mol. The third-order valence-corrected chi connectivity index (χ3v) is 16.3. The van der Waals surface area contributed by atoms with Crippen LogP contribution in [0.25, 0.3) is 0 Å². The van der Waals surface area contributed by atoms with Crippen LogP contribution < -0.4 is 11.1 Å². The molecule has 2 unspecified atom stereocenters.